The molecule has 7 heteroatoms. The van der Waals surface area contributed by atoms with Crippen molar-refractivity contribution in [2.75, 3.05) is 24.3 Å². The first kappa shape index (κ1) is 16.7. The molecule has 1 N–H and O–H groups in total. The normalized spacial score (nSPS) is 13.0. The van der Waals surface area contributed by atoms with Crippen LogP contribution in [0.4, 0.5) is 5.69 Å². The summed E-state index contributed by atoms with van der Waals surface area (Å²) in [5, 5.41) is 3.33. The van der Waals surface area contributed by atoms with E-state index in [-0.39, 0.29) is 19.1 Å². The number of anilines is 1. The lowest BCUT2D eigenvalue weighted by Crippen LogP contribution is -2.19. The maximum atomic E-state index is 12.1. The van der Waals surface area contributed by atoms with Crippen LogP contribution >= 0.6 is 23.4 Å². The van der Waals surface area contributed by atoms with Crippen LogP contribution in [0.3, 0.4) is 0 Å². The van der Waals surface area contributed by atoms with E-state index in [9.17, 15) is 9.59 Å². The number of fused-ring (bicyclic) bond motifs is 1. The summed E-state index contributed by atoms with van der Waals surface area (Å²) >= 11 is 7.30. The van der Waals surface area contributed by atoms with Crippen molar-refractivity contribution in [3.8, 4) is 5.75 Å². The summed E-state index contributed by atoms with van der Waals surface area (Å²) in [5.74, 6) is 0.467. The molecule has 0 atom stereocenters. The van der Waals surface area contributed by atoms with Gasteiger partial charge in [0.1, 0.15) is 19.0 Å². The number of benzene rings is 2. The number of carbonyl (C=O) groups is 2. The van der Waals surface area contributed by atoms with Crippen molar-refractivity contribution in [1.29, 1.82) is 0 Å². The van der Waals surface area contributed by atoms with Crippen LogP contribution in [0.5, 0.6) is 5.75 Å². The summed E-state index contributed by atoms with van der Waals surface area (Å²) < 4.78 is 10.6. The zero-order valence-electron chi connectivity index (χ0n) is 12.6. The van der Waals surface area contributed by atoms with Gasteiger partial charge in [0.2, 0.25) is 5.91 Å². The third-order valence-electron chi connectivity index (χ3n) is 3.23. The summed E-state index contributed by atoms with van der Waals surface area (Å²) in [6.07, 6.45) is 0. The molecule has 1 aliphatic rings. The van der Waals surface area contributed by atoms with Crippen LogP contribution in [0, 0.1) is 0 Å². The molecule has 0 saturated carbocycles. The number of amides is 1. The van der Waals surface area contributed by atoms with E-state index in [0.717, 1.165) is 4.90 Å². The summed E-state index contributed by atoms with van der Waals surface area (Å²) in [6.45, 7) is 0.340. The average molecular weight is 364 g/mol. The van der Waals surface area contributed by atoms with Gasteiger partial charge in [0.15, 0.2) is 0 Å². The Morgan fingerprint density at radius 2 is 2.08 bits per heavy atom. The Morgan fingerprint density at radius 3 is 2.92 bits per heavy atom. The molecule has 0 spiro atoms. The molecular weight excluding hydrogens is 350 g/mol. The minimum absolute atomic E-state index is 0.0760. The van der Waals surface area contributed by atoms with E-state index in [1.165, 1.54) is 11.8 Å². The molecule has 24 heavy (non-hydrogen) atoms. The average Bonchev–Trinajstić information content (AvgIpc) is 2.58. The van der Waals surface area contributed by atoms with Crippen LogP contribution < -0.4 is 10.1 Å². The van der Waals surface area contributed by atoms with Crippen LogP contribution in [0.2, 0.25) is 5.02 Å². The highest BCUT2D eigenvalue weighted by atomic mass is 35.5. The minimum Gasteiger partial charge on any atom is -0.490 e. The van der Waals surface area contributed by atoms with Gasteiger partial charge in [-0.3, -0.25) is 4.79 Å². The molecule has 1 heterocycles. The van der Waals surface area contributed by atoms with Crippen LogP contribution in [0.15, 0.2) is 47.4 Å². The number of thioether (sulfide) groups is 1. The molecule has 0 unspecified atom stereocenters. The highest BCUT2D eigenvalue weighted by Gasteiger charge is 2.17. The van der Waals surface area contributed by atoms with E-state index < -0.39 is 5.97 Å². The number of nitrogens with one attached hydrogen (secondary N) is 1. The quantitative estimate of drug-likeness (QED) is 0.649. The number of rotatable bonds is 5. The molecule has 124 valence electrons. The number of esters is 1. The molecule has 0 radical (unpaired) electrons. The van der Waals surface area contributed by atoms with Crippen molar-refractivity contribution in [3.05, 3.63) is 53.1 Å². The molecular formula is C17H14ClNO4S. The maximum absolute atomic E-state index is 12.1. The Hall–Kier alpha value is -2.18. The molecule has 2 aromatic carbocycles. The molecule has 1 aliphatic heterocycles. The zero-order valence-corrected chi connectivity index (χ0v) is 14.2. The first-order valence-corrected chi connectivity index (χ1v) is 8.60. The Bertz CT molecular complexity index is 781. The number of hydrogen-bond acceptors (Lipinski definition) is 5. The van der Waals surface area contributed by atoms with Crippen molar-refractivity contribution in [2.45, 2.75) is 4.90 Å². The smallest absolute Gasteiger partial charge is 0.338 e. The van der Waals surface area contributed by atoms with Crippen molar-refractivity contribution >= 4 is 40.9 Å². The predicted molar refractivity (Wildman–Crippen MR) is 93.0 cm³/mol. The molecule has 1 amide bonds. The van der Waals surface area contributed by atoms with E-state index >= 15 is 0 Å². The summed E-state index contributed by atoms with van der Waals surface area (Å²) in [5.41, 5.74) is 1.03. The fourth-order valence-corrected chi connectivity index (χ4v) is 3.11. The van der Waals surface area contributed by atoms with E-state index in [2.05, 4.69) is 5.32 Å². The Labute approximate surface area is 148 Å². The van der Waals surface area contributed by atoms with E-state index in [4.69, 9.17) is 21.1 Å². The lowest BCUT2D eigenvalue weighted by atomic mass is 10.2. The summed E-state index contributed by atoms with van der Waals surface area (Å²) in [6, 6.07) is 12.1. The second-order valence-corrected chi connectivity index (χ2v) is 6.44. The topological polar surface area (TPSA) is 64.6 Å². The number of ether oxygens (including phenoxy) is 2. The summed E-state index contributed by atoms with van der Waals surface area (Å²) in [4.78, 5) is 24.4. The Morgan fingerprint density at radius 1 is 1.21 bits per heavy atom. The third kappa shape index (κ3) is 4.21. The van der Waals surface area contributed by atoms with Gasteiger partial charge in [-0.25, -0.2) is 4.79 Å². The maximum Gasteiger partial charge on any atom is 0.338 e. The third-order valence-corrected chi connectivity index (χ3v) is 4.54. The largest absolute Gasteiger partial charge is 0.490 e. The molecule has 2 aromatic rings. The van der Waals surface area contributed by atoms with E-state index in [1.54, 1.807) is 42.5 Å². The monoisotopic (exact) mass is 363 g/mol. The van der Waals surface area contributed by atoms with Gasteiger partial charge in [-0.05, 0) is 36.4 Å². The lowest BCUT2D eigenvalue weighted by molar-refractivity contribution is -0.113. The molecule has 0 aromatic heterocycles. The lowest BCUT2D eigenvalue weighted by Gasteiger charge is -2.16. The van der Waals surface area contributed by atoms with Crippen LogP contribution in [-0.2, 0) is 9.53 Å². The van der Waals surface area contributed by atoms with Gasteiger partial charge >= 0.3 is 5.97 Å². The fraction of sp³-hybridized carbons (Fsp3) is 0.176. The van der Waals surface area contributed by atoms with Gasteiger partial charge in [-0.2, -0.15) is 0 Å². The number of carbonyl (C=O) groups excluding carboxylic acids is 2. The number of hydrogen-bond donors (Lipinski definition) is 1. The van der Waals surface area contributed by atoms with Gasteiger partial charge in [0.25, 0.3) is 0 Å². The first-order chi connectivity index (χ1) is 11.6. The van der Waals surface area contributed by atoms with Gasteiger partial charge in [0, 0.05) is 9.92 Å². The van der Waals surface area contributed by atoms with Crippen LogP contribution in [-0.4, -0.2) is 30.8 Å². The second-order valence-electron chi connectivity index (χ2n) is 4.99. The van der Waals surface area contributed by atoms with Gasteiger partial charge in [0.05, 0.1) is 17.0 Å². The Kier molecular flexibility index (Phi) is 5.27. The molecule has 0 fully saturated rings. The molecule has 5 nitrogen and oxygen atoms in total. The number of halogens is 1. The fourth-order valence-electron chi connectivity index (χ4n) is 2.14. The second kappa shape index (κ2) is 7.59. The molecule has 0 bridgehead atoms. The molecule has 0 saturated heterocycles. The van der Waals surface area contributed by atoms with Crippen LogP contribution in [0.25, 0.3) is 0 Å². The van der Waals surface area contributed by atoms with E-state index in [0.29, 0.717) is 27.8 Å². The predicted octanol–water partition coefficient (Wildman–Crippen LogP) is 3.62. The van der Waals surface area contributed by atoms with Gasteiger partial charge in [-0.15, -0.1) is 11.8 Å². The van der Waals surface area contributed by atoms with Gasteiger partial charge < -0.3 is 14.8 Å². The highest BCUT2D eigenvalue weighted by Crippen LogP contribution is 2.32. The highest BCUT2D eigenvalue weighted by molar-refractivity contribution is 8.00. The van der Waals surface area contributed by atoms with E-state index in [1.807, 2.05) is 0 Å². The first-order valence-electron chi connectivity index (χ1n) is 7.24. The van der Waals surface area contributed by atoms with Crippen molar-refractivity contribution in [2.24, 2.45) is 0 Å². The van der Waals surface area contributed by atoms with Crippen molar-refractivity contribution in [1.82, 2.24) is 0 Å². The minimum atomic E-state index is -0.461. The Balaban J connectivity index is 1.52. The van der Waals surface area contributed by atoms with Crippen molar-refractivity contribution in [3.63, 3.8) is 0 Å². The molecule has 3 rings (SSSR count). The van der Waals surface area contributed by atoms with Crippen LogP contribution in [0.1, 0.15) is 10.4 Å². The van der Waals surface area contributed by atoms with Crippen molar-refractivity contribution < 1.29 is 19.1 Å². The molecule has 0 aliphatic carbocycles. The standard InChI is InChI=1S/C17H14ClNO4S/c18-12-2-1-3-13(9-12)22-6-7-23-17(21)11-4-5-15-14(8-11)19-16(20)10-24-15/h1-5,8-9H,6-7,10H2,(H,19,20). The zero-order chi connectivity index (χ0) is 16.9. The van der Waals surface area contributed by atoms with Gasteiger partial charge in [-0.1, -0.05) is 17.7 Å². The summed E-state index contributed by atoms with van der Waals surface area (Å²) in [7, 11) is 0. The SMILES string of the molecule is O=C1CSc2ccc(C(=O)OCCOc3cccc(Cl)c3)cc2N1.